The Morgan fingerprint density at radius 2 is 2.00 bits per heavy atom. The zero-order valence-electron chi connectivity index (χ0n) is 15.3. The zero-order chi connectivity index (χ0) is 20.3. The molecule has 1 aliphatic rings. The number of anilines is 1. The molecule has 0 amide bonds. The van der Waals surface area contributed by atoms with Crippen LogP contribution in [-0.4, -0.2) is 34.9 Å². The van der Waals surface area contributed by atoms with Crippen molar-refractivity contribution >= 4 is 11.5 Å². The molecule has 1 saturated heterocycles. The number of piperidine rings is 1. The number of benzene rings is 1. The largest absolute Gasteiger partial charge is 0.416 e. The number of likely N-dealkylation sites (tertiary alicyclic amines) is 1. The summed E-state index contributed by atoms with van der Waals surface area (Å²) in [5, 5.41) is 14.2. The summed E-state index contributed by atoms with van der Waals surface area (Å²) >= 11 is 0. The summed E-state index contributed by atoms with van der Waals surface area (Å²) < 4.78 is 38.5. The Labute approximate surface area is 160 Å². The van der Waals surface area contributed by atoms with Crippen LogP contribution >= 0.6 is 0 Å². The molecule has 1 aromatic heterocycles. The van der Waals surface area contributed by atoms with Crippen molar-refractivity contribution in [1.82, 2.24) is 9.88 Å². The van der Waals surface area contributed by atoms with Crippen LogP contribution in [-0.2, 0) is 6.18 Å². The molecule has 0 spiro atoms. The van der Waals surface area contributed by atoms with Crippen LogP contribution in [0.5, 0.6) is 0 Å². The topological polar surface area (TPSA) is 71.3 Å². The Morgan fingerprint density at radius 3 is 2.64 bits per heavy atom. The predicted molar refractivity (Wildman–Crippen MR) is 98.9 cm³/mol. The lowest BCUT2D eigenvalue weighted by atomic mass is 9.84. The third-order valence-electron chi connectivity index (χ3n) is 5.10. The van der Waals surface area contributed by atoms with Gasteiger partial charge in [0.25, 0.3) is 0 Å². The van der Waals surface area contributed by atoms with E-state index in [9.17, 15) is 23.3 Å². The predicted octanol–water partition coefficient (Wildman–Crippen LogP) is 4.50. The fourth-order valence-electron chi connectivity index (χ4n) is 3.78. The highest BCUT2D eigenvalue weighted by molar-refractivity contribution is 5.55. The van der Waals surface area contributed by atoms with Gasteiger partial charge in [0.15, 0.2) is 0 Å². The third-order valence-corrected chi connectivity index (χ3v) is 5.10. The van der Waals surface area contributed by atoms with Gasteiger partial charge in [0.2, 0.25) is 5.82 Å². The first-order valence-electron chi connectivity index (χ1n) is 8.98. The Kier molecular flexibility index (Phi) is 5.83. The standard InChI is InChI=1S/C19H21F3N4O2/c1-25-11-3-4-14(12-24-18-16(26(27)28)5-2-10-23-18)17(25)13-6-8-15(9-7-13)19(20,21)22/h2,5-10,14,17H,3-4,11-12H2,1H3,(H,23,24). The van der Waals surface area contributed by atoms with Crippen LogP contribution in [0.3, 0.4) is 0 Å². The highest BCUT2D eigenvalue weighted by Gasteiger charge is 2.33. The molecule has 2 atom stereocenters. The first-order chi connectivity index (χ1) is 13.3. The maximum absolute atomic E-state index is 12.8. The molecule has 0 radical (unpaired) electrons. The number of hydrogen-bond acceptors (Lipinski definition) is 5. The molecule has 1 N–H and O–H groups in total. The van der Waals surface area contributed by atoms with Crippen molar-refractivity contribution in [3.63, 3.8) is 0 Å². The van der Waals surface area contributed by atoms with Crippen LogP contribution in [0.4, 0.5) is 24.7 Å². The van der Waals surface area contributed by atoms with Crippen LogP contribution < -0.4 is 5.32 Å². The van der Waals surface area contributed by atoms with E-state index < -0.39 is 16.7 Å². The molecule has 1 fully saturated rings. The van der Waals surface area contributed by atoms with E-state index in [-0.39, 0.29) is 23.5 Å². The number of pyridine rings is 1. The van der Waals surface area contributed by atoms with Crippen LogP contribution in [0.2, 0.25) is 0 Å². The molecule has 2 heterocycles. The number of nitrogens with zero attached hydrogens (tertiary/aromatic N) is 3. The van der Waals surface area contributed by atoms with Crippen molar-refractivity contribution in [3.8, 4) is 0 Å². The molecule has 9 heteroatoms. The summed E-state index contributed by atoms with van der Waals surface area (Å²) in [5.41, 5.74) is 0.0313. The van der Waals surface area contributed by atoms with Gasteiger partial charge >= 0.3 is 11.9 Å². The number of hydrogen-bond donors (Lipinski definition) is 1. The lowest BCUT2D eigenvalue weighted by molar-refractivity contribution is -0.384. The number of aromatic nitrogens is 1. The first kappa shape index (κ1) is 20.1. The average Bonchev–Trinajstić information content (AvgIpc) is 2.66. The lowest BCUT2D eigenvalue weighted by Gasteiger charge is -2.39. The fourth-order valence-corrected chi connectivity index (χ4v) is 3.78. The zero-order valence-corrected chi connectivity index (χ0v) is 15.3. The Balaban J connectivity index is 1.79. The summed E-state index contributed by atoms with van der Waals surface area (Å²) in [6.45, 7) is 1.28. The normalized spacial score (nSPS) is 20.7. The first-order valence-corrected chi connectivity index (χ1v) is 8.98. The van der Waals surface area contributed by atoms with Gasteiger partial charge in [-0.05, 0) is 56.1 Å². The van der Waals surface area contributed by atoms with Crippen molar-refractivity contribution in [2.75, 3.05) is 25.5 Å². The second-order valence-electron chi connectivity index (χ2n) is 6.96. The van der Waals surface area contributed by atoms with Gasteiger partial charge in [-0.3, -0.25) is 15.0 Å². The van der Waals surface area contributed by atoms with E-state index in [1.165, 1.54) is 30.5 Å². The summed E-state index contributed by atoms with van der Waals surface area (Å²) in [4.78, 5) is 16.8. The minimum Gasteiger partial charge on any atom is -0.364 e. The van der Waals surface area contributed by atoms with E-state index in [0.717, 1.165) is 37.1 Å². The summed E-state index contributed by atoms with van der Waals surface area (Å²) in [6.07, 6.45) is -1.07. The van der Waals surface area contributed by atoms with Crippen LogP contribution in [0.1, 0.15) is 30.0 Å². The minimum absolute atomic E-state index is 0.0775. The van der Waals surface area contributed by atoms with Crippen LogP contribution in [0.25, 0.3) is 0 Å². The molecule has 6 nitrogen and oxygen atoms in total. The number of nitrogens with one attached hydrogen (secondary N) is 1. The van der Waals surface area contributed by atoms with Crippen molar-refractivity contribution in [3.05, 3.63) is 63.8 Å². The molecule has 150 valence electrons. The smallest absolute Gasteiger partial charge is 0.364 e. The molecule has 28 heavy (non-hydrogen) atoms. The number of nitro groups is 1. The maximum Gasteiger partial charge on any atom is 0.416 e. The van der Waals surface area contributed by atoms with Crippen molar-refractivity contribution in [2.24, 2.45) is 5.92 Å². The van der Waals surface area contributed by atoms with E-state index >= 15 is 0 Å². The molecule has 1 aliphatic heterocycles. The second kappa shape index (κ2) is 8.14. The molecule has 0 saturated carbocycles. The summed E-state index contributed by atoms with van der Waals surface area (Å²) in [5.74, 6) is 0.281. The van der Waals surface area contributed by atoms with Crippen LogP contribution in [0, 0.1) is 16.0 Å². The van der Waals surface area contributed by atoms with E-state index in [1.54, 1.807) is 0 Å². The van der Waals surface area contributed by atoms with Gasteiger partial charge in [-0.25, -0.2) is 4.98 Å². The molecule has 2 unspecified atom stereocenters. The second-order valence-corrected chi connectivity index (χ2v) is 6.96. The lowest BCUT2D eigenvalue weighted by Crippen LogP contribution is -2.39. The molecule has 2 aromatic rings. The average molecular weight is 394 g/mol. The molecule has 1 aromatic carbocycles. The number of halogens is 3. The molecular formula is C19H21F3N4O2. The van der Waals surface area contributed by atoms with E-state index in [4.69, 9.17) is 0 Å². The molecular weight excluding hydrogens is 373 g/mol. The summed E-state index contributed by atoms with van der Waals surface area (Å²) in [6, 6.07) is 8.05. The van der Waals surface area contributed by atoms with E-state index in [1.807, 2.05) is 7.05 Å². The highest BCUT2D eigenvalue weighted by Crippen LogP contribution is 2.37. The SMILES string of the molecule is CN1CCCC(CNc2ncccc2[N+](=O)[O-])C1c1ccc(C(F)(F)F)cc1. The summed E-state index contributed by atoms with van der Waals surface area (Å²) in [7, 11) is 1.94. The van der Waals surface area contributed by atoms with Gasteiger partial charge in [0, 0.05) is 24.8 Å². The maximum atomic E-state index is 12.8. The fraction of sp³-hybridized carbons (Fsp3) is 0.421. The Hall–Kier alpha value is -2.68. The number of rotatable bonds is 5. The Morgan fingerprint density at radius 1 is 1.29 bits per heavy atom. The monoisotopic (exact) mass is 394 g/mol. The van der Waals surface area contributed by atoms with Gasteiger partial charge < -0.3 is 5.32 Å². The van der Waals surface area contributed by atoms with Gasteiger partial charge in [0.1, 0.15) is 0 Å². The molecule has 0 bridgehead atoms. The quantitative estimate of drug-likeness (QED) is 0.597. The van der Waals surface area contributed by atoms with Gasteiger partial charge in [-0.15, -0.1) is 0 Å². The Bertz CT molecular complexity index is 827. The van der Waals surface area contributed by atoms with Crippen molar-refractivity contribution in [1.29, 1.82) is 0 Å². The van der Waals surface area contributed by atoms with Crippen LogP contribution in [0.15, 0.2) is 42.6 Å². The highest BCUT2D eigenvalue weighted by atomic mass is 19.4. The third kappa shape index (κ3) is 4.41. The molecule has 0 aliphatic carbocycles. The number of alkyl halides is 3. The molecule has 3 rings (SSSR count). The van der Waals surface area contributed by atoms with Gasteiger partial charge in [-0.2, -0.15) is 13.2 Å². The van der Waals surface area contributed by atoms with Crippen molar-refractivity contribution in [2.45, 2.75) is 25.1 Å². The van der Waals surface area contributed by atoms with E-state index in [0.29, 0.717) is 6.54 Å². The van der Waals surface area contributed by atoms with Gasteiger partial charge in [0.05, 0.1) is 10.5 Å². The minimum atomic E-state index is -4.37. The van der Waals surface area contributed by atoms with E-state index in [2.05, 4.69) is 15.2 Å². The van der Waals surface area contributed by atoms with Gasteiger partial charge in [-0.1, -0.05) is 12.1 Å². The van der Waals surface area contributed by atoms with Crippen molar-refractivity contribution < 1.29 is 18.1 Å².